The van der Waals surface area contributed by atoms with Gasteiger partial charge in [0.2, 0.25) is 5.91 Å². The molecule has 1 aromatic heterocycles. The highest BCUT2D eigenvalue weighted by molar-refractivity contribution is 7.98. The molecular weight excluding hydrogens is 406 g/mol. The van der Waals surface area contributed by atoms with Crippen LogP contribution < -0.4 is 5.32 Å². The molecule has 29 heavy (non-hydrogen) atoms. The Labute approximate surface area is 181 Å². The van der Waals surface area contributed by atoms with Gasteiger partial charge in [-0.15, -0.1) is 11.8 Å². The van der Waals surface area contributed by atoms with Crippen molar-refractivity contribution in [3.8, 4) is 0 Å². The fraction of sp³-hybridized carbons (Fsp3) is 0.545. The lowest BCUT2D eigenvalue weighted by atomic mass is 9.87. The number of halogens is 1. The molecular formula is C22H28ClN3O2S. The first-order chi connectivity index (χ1) is 14.0. The zero-order valence-corrected chi connectivity index (χ0v) is 18.3. The summed E-state index contributed by atoms with van der Waals surface area (Å²) in [6.45, 7) is 0.472. The molecule has 0 spiro atoms. The molecule has 2 fully saturated rings. The topological polar surface area (TPSA) is 67.2 Å². The van der Waals surface area contributed by atoms with Crippen molar-refractivity contribution in [2.24, 2.45) is 5.92 Å². The second-order valence-electron chi connectivity index (χ2n) is 8.44. The van der Waals surface area contributed by atoms with Gasteiger partial charge in [0.25, 0.3) is 0 Å². The summed E-state index contributed by atoms with van der Waals surface area (Å²) in [5.74, 6) is 0.818. The molecule has 5 nitrogen and oxygen atoms in total. The van der Waals surface area contributed by atoms with Crippen molar-refractivity contribution >= 4 is 35.1 Å². The van der Waals surface area contributed by atoms with E-state index in [1.165, 1.54) is 25.7 Å². The van der Waals surface area contributed by atoms with E-state index in [0.717, 1.165) is 29.7 Å². The summed E-state index contributed by atoms with van der Waals surface area (Å²) in [5, 5.41) is 18.2. The van der Waals surface area contributed by atoms with Gasteiger partial charge in [-0.1, -0.05) is 43.4 Å². The minimum absolute atomic E-state index is 0.0414. The van der Waals surface area contributed by atoms with Crippen molar-refractivity contribution in [2.45, 2.75) is 67.9 Å². The van der Waals surface area contributed by atoms with Crippen LogP contribution in [0.5, 0.6) is 0 Å². The number of thioether (sulfide) groups is 1. The predicted molar refractivity (Wildman–Crippen MR) is 118 cm³/mol. The zero-order valence-electron chi connectivity index (χ0n) is 16.7. The molecule has 4 rings (SSSR count). The maximum absolute atomic E-state index is 13.2. The lowest BCUT2D eigenvalue weighted by Gasteiger charge is -2.21. The molecule has 0 unspecified atom stereocenters. The molecule has 1 heterocycles. The Bertz CT molecular complexity index is 875. The predicted octanol–water partition coefficient (Wildman–Crippen LogP) is 5.09. The zero-order chi connectivity index (χ0) is 20.4. The van der Waals surface area contributed by atoms with Gasteiger partial charge in [0.15, 0.2) is 5.82 Å². The quantitative estimate of drug-likeness (QED) is 0.569. The van der Waals surface area contributed by atoms with E-state index in [4.69, 9.17) is 11.6 Å². The Balaban J connectivity index is 1.50. The van der Waals surface area contributed by atoms with Crippen molar-refractivity contribution in [2.75, 3.05) is 11.6 Å². The molecule has 156 valence electrons. The molecule has 0 saturated heterocycles. The van der Waals surface area contributed by atoms with Crippen LogP contribution in [-0.4, -0.2) is 32.7 Å². The average Bonchev–Trinajstić information content (AvgIpc) is 3.08. The van der Waals surface area contributed by atoms with Crippen molar-refractivity contribution in [1.29, 1.82) is 0 Å². The number of hydrogen-bond donors (Lipinski definition) is 2. The molecule has 1 aromatic carbocycles. The van der Waals surface area contributed by atoms with Crippen LogP contribution in [0.15, 0.2) is 35.4 Å². The Hall–Kier alpha value is -1.50. The Morgan fingerprint density at radius 3 is 2.79 bits per heavy atom. The van der Waals surface area contributed by atoms with Gasteiger partial charge in [0.05, 0.1) is 23.1 Å². The molecule has 2 aliphatic carbocycles. The van der Waals surface area contributed by atoms with Crippen LogP contribution in [0, 0.1) is 5.92 Å². The standard InChI is InChI=1S/C22H28ClN3O2S/c1-29-19-7-6-16(13-18(19)23)17(12-15-4-2-3-5-15)21(27)24-20-8-11-26(25-20)14-22(28)9-10-22/h6-8,11,13,15,17,28H,2-5,9-10,12,14H2,1H3,(H,24,25,27)/t17-/m1/s1. The van der Waals surface area contributed by atoms with E-state index >= 15 is 0 Å². The average molecular weight is 434 g/mol. The molecule has 2 N–H and O–H groups in total. The van der Waals surface area contributed by atoms with Crippen LogP contribution in [0.25, 0.3) is 0 Å². The van der Waals surface area contributed by atoms with Crippen LogP contribution in [-0.2, 0) is 11.3 Å². The number of hydrogen-bond acceptors (Lipinski definition) is 4. The molecule has 0 aliphatic heterocycles. The second kappa shape index (κ2) is 8.70. The highest BCUT2D eigenvalue weighted by atomic mass is 35.5. The Kier molecular flexibility index (Phi) is 6.23. The Morgan fingerprint density at radius 2 is 2.14 bits per heavy atom. The lowest BCUT2D eigenvalue weighted by Crippen LogP contribution is -2.24. The third kappa shape index (κ3) is 5.16. The largest absolute Gasteiger partial charge is 0.388 e. The number of carbonyl (C=O) groups excluding carboxylic acids is 1. The number of nitrogens with zero attached hydrogens (tertiary/aromatic N) is 2. The molecule has 2 aromatic rings. The molecule has 1 amide bonds. The SMILES string of the molecule is CSc1ccc([C@@H](CC2CCCC2)C(=O)Nc2ccn(CC3(O)CC3)n2)cc1Cl. The smallest absolute Gasteiger partial charge is 0.233 e. The summed E-state index contributed by atoms with van der Waals surface area (Å²) in [6, 6.07) is 7.76. The van der Waals surface area contributed by atoms with E-state index in [-0.39, 0.29) is 11.8 Å². The van der Waals surface area contributed by atoms with E-state index in [0.29, 0.717) is 23.3 Å². The van der Waals surface area contributed by atoms with Crippen molar-refractivity contribution in [1.82, 2.24) is 9.78 Å². The molecule has 7 heteroatoms. The van der Waals surface area contributed by atoms with Gasteiger partial charge in [-0.25, -0.2) is 0 Å². The van der Waals surface area contributed by atoms with E-state index in [2.05, 4.69) is 10.4 Å². The van der Waals surface area contributed by atoms with Crippen LogP contribution >= 0.6 is 23.4 Å². The van der Waals surface area contributed by atoms with E-state index in [1.54, 1.807) is 22.5 Å². The number of amides is 1. The normalized spacial score (nSPS) is 19.3. The second-order valence-corrected chi connectivity index (χ2v) is 9.70. The fourth-order valence-corrected chi connectivity index (χ4v) is 5.09. The van der Waals surface area contributed by atoms with Gasteiger partial charge in [0.1, 0.15) is 0 Å². The molecule has 2 aliphatic rings. The summed E-state index contributed by atoms with van der Waals surface area (Å²) in [4.78, 5) is 14.2. The summed E-state index contributed by atoms with van der Waals surface area (Å²) in [5.41, 5.74) is 0.345. The number of anilines is 1. The minimum Gasteiger partial charge on any atom is -0.388 e. The highest BCUT2D eigenvalue weighted by Gasteiger charge is 2.40. The Morgan fingerprint density at radius 1 is 1.38 bits per heavy atom. The summed E-state index contributed by atoms with van der Waals surface area (Å²) in [6.07, 6.45) is 11.1. The van der Waals surface area contributed by atoms with Gasteiger partial charge in [-0.05, 0) is 49.1 Å². The van der Waals surface area contributed by atoms with E-state index < -0.39 is 5.60 Å². The molecule has 2 saturated carbocycles. The highest BCUT2D eigenvalue weighted by Crippen LogP contribution is 2.38. The molecule has 1 atom stereocenters. The minimum atomic E-state index is -0.617. The number of benzene rings is 1. The molecule has 0 radical (unpaired) electrons. The number of carbonyl (C=O) groups is 1. The number of nitrogens with one attached hydrogen (secondary N) is 1. The third-order valence-electron chi connectivity index (χ3n) is 6.11. The van der Waals surface area contributed by atoms with Gasteiger partial charge >= 0.3 is 0 Å². The number of aromatic nitrogens is 2. The van der Waals surface area contributed by atoms with Gasteiger partial charge in [-0.3, -0.25) is 9.48 Å². The summed E-state index contributed by atoms with van der Waals surface area (Å²) >= 11 is 8.04. The first kappa shape index (κ1) is 20.8. The van der Waals surface area contributed by atoms with Crippen molar-refractivity contribution in [3.05, 3.63) is 41.0 Å². The number of aliphatic hydroxyl groups is 1. The van der Waals surface area contributed by atoms with Crippen LogP contribution in [0.3, 0.4) is 0 Å². The van der Waals surface area contributed by atoms with Crippen LogP contribution in [0.2, 0.25) is 5.02 Å². The summed E-state index contributed by atoms with van der Waals surface area (Å²) < 4.78 is 1.71. The van der Waals surface area contributed by atoms with Crippen LogP contribution in [0.1, 0.15) is 56.4 Å². The van der Waals surface area contributed by atoms with Crippen molar-refractivity contribution < 1.29 is 9.90 Å². The van der Waals surface area contributed by atoms with E-state index in [9.17, 15) is 9.90 Å². The summed E-state index contributed by atoms with van der Waals surface area (Å²) in [7, 11) is 0. The van der Waals surface area contributed by atoms with Gasteiger partial charge in [0, 0.05) is 17.2 Å². The van der Waals surface area contributed by atoms with Crippen LogP contribution in [0.4, 0.5) is 5.82 Å². The first-order valence-electron chi connectivity index (χ1n) is 10.4. The van der Waals surface area contributed by atoms with Gasteiger partial charge in [-0.2, -0.15) is 5.10 Å². The van der Waals surface area contributed by atoms with Crippen molar-refractivity contribution in [3.63, 3.8) is 0 Å². The third-order valence-corrected chi connectivity index (χ3v) is 7.33. The van der Waals surface area contributed by atoms with Gasteiger partial charge < -0.3 is 10.4 Å². The molecule has 0 bridgehead atoms. The first-order valence-corrected chi connectivity index (χ1v) is 12.0. The van der Waals surface area contributed by atoms with E-state index in [1.807, 2.05) is 30.7 Å². The number of rotatable bonds is 8. The monoisotopic (exact) mass is 433 g/mol. The maximum atomic E-state index is 13.2. The fourth-order valence-electron chi connectivity index (χ4n) is 4.21. The lowest BCUT2D eigenvalue weighted by molar-refractivity contribution is -0.118. The maximum Gasteiger partial charge on any atom is 0.233 e.